The number of esters is 1. The van der Waals surface area contributed by atoms with Crippen molar-refractivity contribution in [2.24, 2.45) is 0 Å². The largest absolute Gasteiger partial charge is 0.497 e. The summed E-state index contributed by atoms with van der Waals surface area (Å²) in [6.45, 7) is 0. The Bertz CT molecular complexity index is 1840. The second-order valence-corrected chi connectivity index (χ2v) is 9.46. The number of hydrogen-bond donors (Lipinski definition) is 1. The minimum atomic E-state index is -0.709. The zero-order valence-electron chi connectivity index (χ0n) is 22.7. The number of aromatic amines is 1. The molecule has 0 unspecified atom stereocenters. The summed E-state index contributed by atoms with van der Waals surface area (Å²) < 4.78 is 33.3. The Labute approximate surface area is 234 Å². The third-order valence-electron chi connectivity index (χ3n) is 7.26. The first kappa shape index (κ1) is 26.0. The van der Waals surface area contributed by atoms with Crippen LogP contribution in [0.3, 0.4) is 0 Å². The number of ketones is 1. The molecule has 0 saturated heterocycles. The number of carbonyl (C=O) groups is 2. The second kappa shape index (κ2) is 10.1. The molecule has 1 aromatic heterocycles. The van der Waals surface area contributed by atoms with E-state index in [1.807, 2.05) is 6.07 Å². The van der Waals surface area contributed by atoms with Gasteiger partial charge >= 0.3 is 5.97 Å². The van der Waals surface area contributed by atoms with Gasteiger partial charge < -0.3 is 33.4 Å². The van der Waals surface area contributed by atoms with E-state index in [4.69, 9.17) is 28.4 Å². The summed E-state index contributed by atoms with van der Waals surface area (Å²) in [6, 6.07) is 13.6. The maximum atomic E-state index is 13.5. The average molecular weight is 556 g/mol. The molecule has 0 radical (unpaired) electrons. The maximum absolute atomic E-state index is 13.5. The molecule has 0 saturated carbocycles. The normalized spacial score (nSPS) is 16.6. The van der Waals surface area contributed by atoms with Gasteiger partial charge in [-0.05, 0) is 53.9 Å². The van der Waals surface area contributed by atoms with Crippen molar-refractivity contribution >= 4 is 28.7 Å². The zero-order valence-corrected chi connectivity index (χ0v) is 22.7. The minimum Gasteiger partial charge on any atom is -0.497 e. The first-order valence-electron chi connectivity index (χ1n) is 12.7. The number of methoxy groups -OCH3 is 4. The molecule has 2 aliphatic heterocycles. The van der Waals surface area contributed by atoms with Gasteiger partial charge in [-0.25, -0.2) is 0 Å². The van der Waals surface area contributed by atoms with Crippen LogP contribution < -0.4 is 34.0 Å². The van der Waals surface area contributed by atoms with Crippen molar-refractivity contribution in [3.63, 3.8) is 0 Å². The van der Waals surface area contributed by atoms with Crippen LogP contribution in [-0.4, -0.2) is 45.2 Å². The van der Waals surface area contributed by atoms with E-state index in [-0.39, 0.29) is 35.0 Å². The lowest BCUT2D eigenvalue weighted by Crippen LogP contribution is -2.26. The average Bonchev–Trinajstić information content (AvgIpc) is 3.30. The molecule has 1 N–H and O–H groups in total. The van der Waals surface area contributed by atoms with Crippen molar-refractivity contribution in [2.45, 2.75) is 12.3 Å². The number of Topliss-reactive ketones (excluding diaryl/α,β-unsaturated/α-hetero) is 1. The molecular weight excluding hydrogens is 530 g/mol. The molecule has 0 amide bonds. The standard InChI is InChI=1S/C31H25NO9/c1-36-17-7-5-15-11-20(31(35)32-21(15)13-17)19-14-25(33)40-22-10-8-18-27(34)24(41-29(18)26(19)22)12-16-6-9-23(37-2)30(39-4)28(16)38-3/h5-13,19H,14H2,1-4H3,(H,32,35)/b24-12+/t19-/m1/s1. The highest BCUT2D eigenvalue weighted by atomic mass is 16.5. The SMILES string of the molecule is COc1ccc2cc([C@H]3CC(=O)Oc4ccc5c(c43)O/C(=C/c3ccc(OC)c(OC)c3OC)C5=O)c(=O)[nH]c2c1. The van der Waals surface area contributed by atoms with Gasteiger partial charge in [0.15, 0.2) is 17.3 Å². The van der Waals surface area contributed by atoms with E-state index in [1.54, 1.807) is 55.7 Å². The topological polar surface area (TPSA) is 122 Å². The molecule has 6 rings (SSSR count). The van der Waals surface area contributed by atoms with Gasteiger partial charge in [0.25, 0.3) is 5.56 Å². The molecule has 0 aliphatic carbocycles. The van der Waals surface area contributed by atoms with E-state index < -0.39 is 11.9 Å². The van der Waals surface area contributed by atoms with Crippen LogP contribution >= 0.6 is 0 Å². The minimum absolute atomic E-state index is 0.0362. The molecule has 10 nitrogen and oxygen atoms in total. The molecule has 0 fully saturated rings. The van der Waals surface area contributed by atoms with E-state index in [2.05, 4.69) is 4.98 Å². The summed E-state index contributed by atoms with van der Waals surface area (Å²) >= 11 is 0. The first-order chi connectivity index (χ1) is 19.9. The smallest absolute Gasteiger partial charge is 0.312 e. The third-order valence-corrected chi connectivity index (χ3v) is 7.26. The number of pyridine rings is 1. The lowest BCUT2D eigenvalue weighted by Gasteiger charge is -2.26. The van der Waals surface area contributed by atoms with Gasteiger partial charge in [-0.2, -0.15) is 0 Å². The summed E-state index contributed by atoms with van der Waals surface area (Å²) in [5, 5.41) is 0.756. The lowest BCUT2D eigenvalue weighted by molar-refractivity contribution is -0.135. The van der Waals surface area contributed by atoms with E-state index in [0.717, 1.165) is 5.39 Å². The molecule has 4 aromatic rings. The predicted octanol–water partition coefficient (Wildman–Crippen LogP) is 4.62. The Morgan fingerprint density at radius 1 is 0.854 bits per heavy atom. The van der Waals surface area contributed by atoms with Crippen LogP contribution in [0.1, 0.15) is 39.4 Å². The van der Waals surface area contributed by atoms with Gasteiger partial charge in [0.05, 0.1) is 45.9 Å². The number of hydrogen-bond acceptors (Lipinski definition) is 9. The van der Waals surface area contributed by atoms with Crippen molar-refractivity contribution in [2.75, 3.05) is 28.4 Å². The molecule has 3 aromatic carbocycles. The Morgan fingerprint density at radius 2 is 1.66 bits per heavy atom. The fourth-order valence-electron chi connectivity index (χ4n) is 5.33. The number of H-pyrrole nitrogens is 1. The highest BCUT2D eigenvalue weighted by Crippen LogP contribution is 2.49. The van der Waals surface area contributed by atoms with Crippen molar-refractivity contribution in [3.8, 4) is 34.5 Å². The van der Waals surface area contributed by atoms with Gasteiger partial charge in [0, 0.05) is 28.7 Å². The van der Waals surface area contributed by atoms with E-state index in [9.17, 15) is 14.4 Å². The molecule has 2 aliphatic rings. The second-order valence-electron chi connectivity index (χ2n) is 9.46. The van der Waals surface area contributed by atoms with Gasteiger partial charge in [-0.15, -0.1) is 0 Å². The van der Waals surface area contributed by atoms with Crippen LogP contribution in [-0.2, 0) is 4.79 Å². The summed E-state index contributed by atoms with van der Waals surface area (Å²) in [4.78, 5) is 42.3. The number of rotatable bonds is 6. The first-order valence-corrected chi connectivity index (χ1v) is 12.7. The van der Waals surface area contributed by atoms with Crippen molar-refractivity contribution in [1.82, 2.24) is 4.98 Å². The maximum Gasteiger partial charge on any atom is 0.312 e. The van der Waals surface area contributed by atoms with Crippen LogP contribution in [0, 0.1) is 0 Å². The molecule has 3 heterocycles. The van der Waals surface area contributed by atoms with Crippen LogP contribution in [0.5, 0.6) is 34.5 Å². The van der Waals surface area contributed by atoms with Crippen molar-refractivity contribution < 1.29 is 38.0 Å². The molecule has 1 atom stereocenters. The number of aromatic nitrogens is 1. The molecule has 41 heavy (non-hydrogen) atoms. The number of fused-ring (bicyclic) bond motifs is 4. The molecular formula is C31H25NO9. The molecule has 0 bridgehead atoms. The molecule has 10 heteroatoms. The van der Waals surface area contributed by atoms with Crippen molar-refractivity contribution in [1.29, 1.82) is 0 Å². The Morgan fingerprint density at radius 3 is 2.39 bits per heavy atom. The van der Waals surface area contributed by atoms with Gasteiger partial charge in [-0.3, -0.25) is 14.4 Å². The third kappa shape index (κ3) is 4.24. The number of allylic oxidation sites excluding steroid dienone is 1. The zero-order chi connectivity index (χ0) is 28.8. The van der Waals surface area contributed by atoms with Gasteiger partial charge in [-0.1, -0.05) is 0 Å². The fourth-order valence-corrected chi connectivity index (χ4v) is 5.33. The predicted molar refractivity (Wildman–Crippen MR) is 149 cm³/mol. The highest BCUT2D eigenvalue weighted by Gasteiger charge is 2.39. The summed E-state index contributed by atoms with van der Waals surface area (Å²) in [6.07, 6.45) is 1.45. The van der Waals surface area contributed by atoms with Gasteiger partial charge in [0.1, 0.15) is 17.2 Å². The quantitative estimate of drug-likeness (QED) is 0.206. The summed E-state index contributed by atoms with van der Waals surface area (Å²) in [7, 11) is 6.03. The molecule has 0 spiro atoms. The Hall–Kier alpha value is -5.25. The van der Waals surface area contributed by atoms with Crippen molar-refractivity contribution in [3.05, 3.63) is 86.9 Å². The summed E-state index contributed by atoms with van der Waals surface area (Å²) in [5.74, 6) is 0.732. The summed E-state index contributed by atoms with van der Waals surface area (Å²) in [5.41, 5.74) is 1.85. The Balaban J connectivity index is 1.47. The van der Waals surface area contributed by atoms with Gasteiger partial charge in [0.2, 0.25) is 11.5 Å². The van der Waals surface area contributed by atoms with E-state index in [1.165, 1.54) is 21.3 Å². The number of benzene rings is 3. The van der Waals surface area contributed by atoms with Crippen LogP contribution in [0.25, 0.3) is 17.0 Å². The van der Waals surface area contributed by atoms with Crippen LogP contribution in [0.15, 0.2) is 59.1 Å². The number of carbonyl (C=O) groups excluding carboxylic acids is 2. The lowest BCUT2D eigenvalue weighted by atomic mass is 9.85. The van der Waals surface area contributed by atoms with E-state index >= 15 is 0 Å². The highest BCUT2D eigenvalue weighted by molar-refractivity contribution is 6.15. The number of nitrogens with one attached hydrogen (secondary N) is 1. The fraction of sp³-hybridized carbons (Fsp3) is 0.194. The number of ether oxygens (including phenoxy) is 6. The van der Waals surface area contributed by atoms with Crippen LogP contribution in [0.4, 0.5) is 0 Å². The van der Waals surface area contributed by atoms with E-state index in [0.29, 0.717) is 50.8 Å². The van der Waals surface area contributed by atoms with Crippen LogP contribution in [0.2, 0.25) is 0 Å². The monoisotopic (exact) mass is 555 g/mol. The molecule has 208 valence electrons. The Kier molecular flexibility index (Phi) is 6.37.